The predicted molar refractivity (Wildman–Crippen MR) is 86.6 cm³/mol. The Morgan fingerprint density at radius 2 is 1.71 bits per heavy atom. The Kier molecular flexibility index (Phi) is 4.20. The molecule has 0 N–H and O–H groups in total. The summed E-state index contributed by atoms with van der Waals surface area (Å²) in [5.41, 5.74) is 0.803. The van der Waals surface area contributed by atoms with E-state index in [1.54, 1.807) is 0 Å². The Hall–Kier alpha value is -1.87. The smallest absolute Gasteiger partial charge is 0.253 e. The third-order valence-corrected chi connectivity index (χ3v) is 4.20. The van der Waals surface area contributed by atoms with Crippen molar-refractivity contribution in [3.63, 3.8) is 0 Å². The molecule has 0 aromatic heterocycles. The second-order valence-electron chi connectivity index (χ2n) is 5.70. The number of carbonyl (C=O) groups is 1. The molecule has 0 unspecified atom stereocenters. The number of hydrogen-bond acceptors (Lipinski definition) is 2. The zero-order valence-corrected chi connectivity index (χ0v) is 12.6. The first kappa shape index (κ1) is 14.1. The Morgan fingerprint density at radius 3 is 2.43 bits per heavy atom. The van der Waals surface area contributed by atoms with E-state index < -0.39 is 0 Å². The van der Waals surface area contributed by atoms with Gasteiger partial charge in [-0.3, -0.25) is 9.69 Å². The Bertz CT molecular complexity index is 630. The minimum Gasteiger partial charge on any atom is -0.336 e. The van der Waals surface area contributed by atoms with Gasteiger partial charge in [0.25, 0.3) is 5.91 Å². The predicted octanol–water partition coefficient (Wildman–Crippen LogP) is 3.01. The molecule has 1 saturated heterocycles. The number of hydrogen-bond donors (Lipinski definition) is 0. The van der Waals surface area contributed by atoms with Crippen molar-refractivity contribution in [3.05, 3.63) is 48.0 Å². The van der Waals surface area contributed by atoms with Gasteiger partial charge in [0.1, 0.15) is 0 Å². The molecule has 3 nitrogen and oxygen atoms in total. The van der Waals surface area contributed by atoms with Gasteiger partial charge in [-0.15, -0.1) is 0 Å². The topological polar surface area (TPSA) is 23.6 Å². The van der Waals surface area contributed by atoms with Gasteiger partial charge in [0.2, 0.25) is 0 Å². The molecule has 0 bridgehead atoms. The van der Waals surface area contributed by atoms with Crippen molar-refractivity contribution in [1.82, 2.24) is 9.80 Å². The first-order chi connectivity index (χ1) is 10.3. The number of benzene rings is 2. The molecule has 1 fully saturated rings. The number of rotatable bonds is 3. The summed E-state index contributed by atoms with van der Waals surface area (Å²) in [5, 5.41) is 2.31. The number of fused-ring (bicyclic) bond motifs is 1. The minimum atomic E-state index is 0.164. The molecule has 110 valence electrons. The maximum absolute atomic E-state index is 12.6. The van der Waals surface area contributed by atoms with Crippen LogP contribution >= 0.6 is 0 Å². The molecular weight excluding hydrogens is 260 g/mol. The van der Waals surface area contributed by atoms with Crippen molar-refractivity contribution in [1.29, 1.82) is 0 Å². The van der Waals surface area contributed by atoms with Crippen molar-refractivity contribution in [2.75, 3.05) is 32.7 Å². The average molecular weight is 282 g/mol. The van der Waals surface area contributed by atoms with Gasteiger partial charge >= 0.3 is 0 Å². The highest BCUT2D eigenvalue weighted by atomic mass is 16.2. The van der Waals surface area contributed by atoms with E-state index in [-0.39, 0.29) is 5.91 Å². The zero-order chi connectivity index (χ0) is 14.7. The fraction of sp³-hybridized carbons (Fsp3) is 0.389. The molecule has 0 saturated carbocycles. The van der Waals surface area contributed by atoms with Crippen LogP contribution in [-0.4, -0.2) is 48.4 Å². The fourth-order valence-electron chi connectivity index (χ4n) is 3.00. The van der Waals surface area contributed by atoms with E-state index in [0.29, 0.717) is 0 Å². The molecule has 2 aromatic carbocycles. The third kappa shape index (κ3) is 3.08. The van der Waals surface area contributed by atoms with E-state index in [1.165, 1.54) is 11.8 Å². The van der Waals surface area contributed by atoms with Crippen molar-refractivity contribution >= 4 is 16.7 Å². The molecule has 2 aromatic rings. The lowest BCUT2D eigenvalue weighted by molar-refractivity contribution is 0.0637. The van der Waals surface area contributed by atoms with E-state index in [9.17, 15) is 4.79 Å². The third-order valence-electron chi connectivity index (χ3n) is 4.20. The highest BCUT2D eigenvalue weighted by molar-refractivity contribution is 5.98. The SMILES string of the molecule is CCCN1CCN(C(=O)c2ccc3ccccc3c2)CC1. The van der Waals surface area contributed by atoms with Gasteiger partial charge in [-0.1, -0.05) is 37.3 Å². The maximum Gasteiger partial charge on any atom is 0.253 e. The average Bonchev–Trinajstić information content (AvgIpc) is 2.55. The van der Waals surface area contributed by atoms with Crippen LogP contribution in [0.15, 0.2) is 42.5 Å². The quantitative estimate of drug-likeness (QED) is 0.864. The summed E-state index contributed by atoms with van der Waals surface area (Å²) in [5.74, 6) is 0.164. The van der Waals surface area contributed by atoms with Crippen LogP contribution in [0, 0.1) is 0 Å². The van der Waals surface area contributed by atoms with Gasteiger partial charge in [-0.25, -0.2) is 0 Å². The Morgan fingerprint density at radius 1 is 1.00 bits per heavy atom. The van der Waals surface area contributed by atoms with Crippen molar-refractivity contribution in [2.45, 2.75) is 13.3 Å². The van der Waals surface area contributed by atoms with Gasteiger partial charge < -0.3 is 4.90 Å². The molecule has 3 heteroatoms. The summed E-state index contributed by atoms with van der Waals surface area (Å²) in [4.78, 5) is 17.0. The van der Waals surface area contributed by atoms with E-state index >= 15 is 0 Å². The second-order valence-corrected chi connectivity index (χ2v) is 5.70. The van der Waals surface area contributed by atoms with E-state index in [2.05, 4.69) is 24.0 Å². The van der Waals surface area contributed by atoms with Crippen molar-refractivity contribution < 1.29 is 4.79 Å². The van der Waals surface area contributed by atoms with E-state index in [4.69, 9.17) is 0 Å². The Labute approximate surface area is 126 Å². The summed E-state index contributed by atoms with van der Waals surface area (Å²) in [7, 11) is 0. The minimum absolute atomic E-state index is 0.164. The van der Waals surface area contributed by atoms with Crippen LogP contribution in [0.2, 0.25) is 0 Å². The first-order valence-electron chi connectivity index (χ1n) is 7.78. The van der Waals surface area contributed by atoms with Gasteiger partial charge in [0, 0.05) is 31.7 Å². The van der Waals surface area contributed by atoms with Crippen LogP contribution in [0.25, 0.3) is 10.8 Å². The fourth-order valence-corrected chi connectivity index (χ4v) is 3.00. The van der Waals surface area contributed by atoms with Crippen LogP contribution in [0.1, 0.15) is 23.7 Å². The highest BCUT2D eigenvalue weighted by Crippen LogP contribution is 2.17. The van der Waals surface area contributed by atoms with Crippen LogP contribution in [0.3, 0.4) is 0 Å². The lowest BCUT2D eigenvalue weighted by Crippen LogP contribution is -2.48. The molecule has 0 aliphatic carbocycles. The number of nitrogens with zero attached hydrogens (tertiary/aromatic N) is 2. The first-order valence-corrected chi connectivity index (χ1v) is 7.78. The van der Waals surface area contributed by atoms with E-state index in [0.717, 1.165) is 43.7 Å². The molecule has 1 amide bonds. The molecular formula is C18H22N2O. The largest absolute Gasteiger partial charge is 0.336 e. The van der Waals surface area contributed by atoms with Gasteiger partial charge in [0.05, 0.1) is 0 Å². The summed E-state index contributed by atoms with van der Waals surface area (Å²) in [6.45, 7) is 7.00. The van der Waals surface area contributed by atoms with Crippen molar-refractivity contribution in [3.8, 4) is 0 Å². The lowest BCUT2D eigenvalue weighted by Gasteiger charge is -2.34. The molecule has 3 rings (SSSR count). The highest BCUT2D eigenvalue weighted by Gasteiger charge is 2.21. The summed E-state index contributed by atoms with van der Waals surface area (Å²) < 4.78 is 0. The molecule has 0 spiro atoms. The molecule has 0 radical (unpaired) electrons. The second kappa shape index (κ2) is 6.27. The number of amides is 1. The lowest BCUT2D eigenvalue weighted by atomic mass is 10.1. The maximum atomic E-state index is 12.6. The monoisotopic (exact) mass is 282 g/mol. The van der Waals surface area contributed by atoms with E-state index in [1.807, 2.05) is 35.2 Å². The van der Waals surface area contributed by atoms with Crippen LogP contribution in [0.5, 0.6) is 0 Å². The molecule has 0 atom stereocenters. The summed E-state index contributed by atoms with van der Waals surface area (Å²) >= 11 is 0. The van der Waals surface area contributed by atoms with Gasteiger partial charge in [0.15, 0.2) is 0 Å². The molecule has 1 aliphatic heterocycles. The van der Waals surface area contributed by atoms with Crippen LogP contribution in [-0.2, 0) is 0 Å². The van der Waals surface area contributed by atoms with Gasteiger partial charge in [-0.05, 0) is 35.9 Å². The summed E-state index contributed by atoms with van der Waals surface area (Å²) in [6.07, 6.45) is 1.18. The van der Waals surface area contributed by atoms with Crippen LogP contribution < -0.4 is 0 Å². The number of piperazine rings is 1. The summed E-state index contributed by atoms with van der Waals surface area (Å²) in [6, 6.07) is 14.2. The normalized spacial score (nSPS) is 16.3. The standard InChI is InChI=1S/C18H22N2O/c1-2-9-19-10-12-20(13-11-19)18(21)17-8-7-15-5-3-4-6-16(15)14-17/h3-8,14H,2,9-13H2,1H3. The zero-order valence-electron chi connectivity index (χ0n) is 12.6. The molecule has 1 heterocycles. The van der Waals surface area contributed by atoms with Crippen LogP contribution in [0.4, 0.5) is 0 Å². The molecule has 21 heavy (non-hydrogen) atoms. The van der Waals surface area contributed by atoms with Gasteiger partial charge in [-0.2, -0.15) is 0 Å². The Balaban J connectivity index is 1.72. The number of carbonyl (C=O) groups excluding carboxylic acids is 1. The van der Waals surface area contributed by atoms with Crippen molar-refractivity contribution in [2.24, 2.45) is 0 Å². The molecule has 1 aliphatic rings.